The zero-order valence-corrected chi connectivity index (χ0v) is 16.5. The number of rotatable bonds is 6. The molecular formula is C20H24N5O4+. The van der Waals surface area contributed by atoms with E-state index in [1.807, 2.05) is 9.48 Å². The Morgan fingerprint density at radius 1 is 1.28 bits per heavy atom. The molecule has 1 unspecified atom stereocenters. The first kappa shape index (κ1) is 19.1. The Kier molecular flexibility index (Phi) is 4.81. The SMILES string of the molecule is CCCCc1ccc(N2CC[N+]3=C2N=C2C3C(=O)N(CC(=O)O)C(=O)N2C)cc1. The maximum atomic E-state index is 12.9. The summed E-state index contributed by atoms with van der Waals surface area (Å²) in [5.74, 6) is -0.799. The molecule has 9 nitrogen and oxygen atoms in total. The summed E-state index contributed by atoms with van der Waals surface area (Å²) in [6.45, 7) is 2.75. The summed E-state index contributed by atoms with van der Waals surface area (Å²) in [6.07, 6.45) is 3.35. The molecule has 1 saturated heterocycles. The van der Waals surface area contributed by atoms with Gasteiger partial charge in [-0.3, -0.25) is 14.5 Å². The van der Waals surface area contributed by atoms with Crippen molar-refractivity contribution < 1.29 is 24.1 Å². The number of benzene rings is 1. The number of aliphatic carboxylic acids is 1. The number of carboxylic acids is 1. The summed E-state index contributed by atoms with van der Waals surface area (Å²) in [6, 6.07) is 6.90. The normalized spacial score (nSPS) is 21.0. The maximum Gasteiger partial charge on any atom is 0.397 e. The monoisotopic (exact) mass is 398 g/mol. The zero-order chi connectivity index (χ0) is 20.7. The molecule has 3 aliphatic rings. The highest BCUT2D eigenvalue weighted by atomic mass is 16.4. The first-order chi connectivity index (χ1) is 13.9. The van der Waals surface area contributed by atoms with Gasteiger partial charge in [-0.25, -0.2) is 19.2 Å². The number of hydrogen-bond donors (Lipinski definition) is 1. The molecular weight excluding hydrogens is 374 g/mol. The van der Waals surface area contributed by atoms with Gasteiger partial charge >= 0.3 is 18.0 Å². The largest absolute Gasteiger partial charge is 0.480 e. The van der Waals surface area contributed by atoms with E-state index in [0.717, 1.165) is 29.8 Å². The van der Waals surface area contributed by atoms with Crippen molar-refractivity contribution in [3.63, 3.8) is 0 Å². The van der Waals surface area contributed by atoms with Crippen LogP contribution < -0.4 is 4.90 Å². The van der Waals surface area contributed by atoms with Crippen LogP contribution >= 0.6 is 0 Å². The molecule has 0 saturated carbocycles. The number of carbonyl (C=O) groups is 3. The predicted octanol–water partition coefficient (Wildman–Crippen LogP) is 0.977. The molecule has 1 fully saturated rings. The van der Waals surface area contributed by atoms with E-state index >= 15 is 0 Å². The van der Waals surface area contributed by atoms with Gasteiger partial charge in [-0.05, 0) is 30.5 Å². The van der Waals surface area contributed by atoms with Gasteiger partial charge in [0.15, 0.2) is 0 Å². The van der Waals surface area contributed by atoms with E-state index in [1.165, 1.54) is 17.5 Å². The lowest BCUT2D eigenvalue weighted by Crippen LogP contribution is -2.63. The molecule has 1 atom stereocenters. The van der Waals surface area contributed by atoms with Crippen molar-refractivity contribution in [3.05, 3.63) is 29.8 Å². The molecule has 152 valence electrons. The van der Waals surface area contributed by atoms with Crippen molar-refractivity contribution in [1.29, 1.82) is 0 Å². The Morgan fingerprint density at radius 2 is 2.00 bits per heavy atom. The van der Waals surface area contributed by atoms with E-state index in [1.54, 1.807) is 0 Å². The van der Waals surface area contributed by atoms with Crippen LogP contribution in [0.4, 0.5) is 10.5 Å². The van der Waals surface area contributed by atoms with E-state index in [0.29, 0.717) is 24.9 Å². The van der Waals surface area contributed by atoms with Crippen LogP contribution in [0.3, 0.4) is 0 Å². The lowest BCUT2D eigenvalue weighted by atomic mass is 10.1. The van der Waals surface area contributed by atoms with Crippen molar-refractivity contribution in [2.24, 2.45) is 4.99 Å². The third-order valence-corrected chi connectivity index (χ3v) is 5.56. The second kappa shape index (κ2) is 7.31. The van der Waals surface area contributed by atoms with Crippen molar-refractivity contribution in [1.82, 2.24) is 9.80 Å². The van der Waals surface area contributed by atoms with Gasteiger partial charge in [0.2, 0.25) is 11.9 Å². The van der Waals surface area contributed by atoms with Crippen molar-refractivity contribution in [2.75, 3.05) is 31.6 Å². The first-order valence-electron chi connectivity index (χ1n) is 9.82. The van der Waals surface area contributed by atoms with Gasteiger partial charge in [-0.1, -0.05) is 30.5 Å². The number of aryl methyl sites for hydroxylation is 1. The summed E-state index contributed by atoms with van der Waals surface area (Å²) in [7, 11) is 1.52. The Hall–Kier alpha value is -3.23. The fraction of sp³-hybridized carbons (Fsp3) is 0.450. The van der Waals surface area contributed by atoms with E-state index in [4.69, 9.17) is 5.11 Å². The Balaban J connectivity index is 1.62. The number of likely N-dealkylation sites (N-methyl/N-ethyl adjacent to an activating group) is 1. The van der Waals surface area contributed by atoms with Gasteiger partial charge in [-0.2, -0.15) is 0 Å². The van der Waals surface area contributed by atoms with E-state index < -0.39 is 30.5 Å². The van der Waals surface area contributed by atoms with Crippen LogP contribution in [0, 0.1) is 0 Å². The van der Waals surface area contributed by atoms with Crippen LogP contribution in [0.1, 0.15) is 25.3 Å². The highest BCUT2D eigenvalue weighted by Crippen LogP contribution is 2.27. The fourth-order valence-corrected chi connectivity index (χ4v) is 4.01. The molecule has 4 rings (SSSR count). The summed E-state index contributed by atoms with van der Waals surface area (Å²) in [5.41, 5.74) is 2.27. The van der Waals surface area contributed by atoms with Gasteiger partial charge in [0.1, 0.15) is 18.8 Å². The van der Waals surface area contributed by atoms with Crippen LogP contribution in [0.15, 0.2) is 29.3 Å². The smallest absolute Gasteiger partial charge is 0.397 e. The van der Waals surface area contributed by atoms with E-state index in [9.17, 15) is 14.4 Å². The molecule has 0 radical (unpaired) electrons. The topological polar surface area (TPSA) is 96.5 Å². The van der Waals surface area contributed by atoms with Crippen molar-refractivity contribution in [2.45, 2.75) is 32.2 Å². The number of urea groups is 1. The standard InChI is InChI=1S/C20H23N5O4/c1-3-4-5-13-6-8-14(9-7-13)23-10-11-24-16-17(21-19(23)24)22(2)20(29)25(18(16)28)12-15(26)27/h6-9,16H,3-5,10-12H2,1-2H3/p+1. The number of fused-ring (bicyclic) bond motifs is 2. The highest BCUT2D eigenvalue weighted by Gasteiger charge is 2.55. The van der Waals surface area contributed by atoms with Crippen LogP contribution in [0.5, 0.6) is 0 Å². The quantitative estimate of drug-likeness (QED) is 0.721. The maximum absolute atomic E-state index is 12.9. The van der Waals surface area contributed by atoms with Crippen LogP contribution in [0.25, 0.3) is 0 Å². The number of amidine groups is 1. The molecule has 1 aromatic carbocycles. The Bertz CT molecular complexity index is 937. The Labute approximate surface area is 168 Å². The molecule has 0 aliphatic carbocycles. The van der Waals surface area contributed by atoms with Crippen LogP contribution in [-0.4, -0.2) is 81.9 Å². The molecule has 9 heteroatoms. The number of hydrogen-bond acceptors (Lipinski definition) is 5. The molecule has 0 bridgehead atoms. The zero-order valence-electron chi connectivity index (χ0n) is 16.5. The molecule has 1 N–H and O–H groups in total. The number of unbranched alkanes of at least 4 members (excludes halogenated alkanes) is 1. The number of amides is 3. The molecule has 3 heterocycles. The minimum absolute atomic E-state index is 0.348. The third-order valence-electron chi connectivity index (χ3n) is 5.56. The lowest BCUT2D eigenvalue weighted by molar-refractivity contribution is -0.525. The first-order valence-corrected chi connectivity index (χ1v) is 9.82. The minimum atomic E-state index is -1.23. The second-order valence-corrected chi connectivity index (χ2v) is 7.45. The highest BCUT2D eigenvalue weighted by molar-refractivity contribution is 6.24. The minimum Gasteiger partial charge on any atom is -0.480 e. The summed E-state index contributed by atoms with van der Waals surface area (Å²) >= 11 is 0. The number of nitrogens with zero attached hydrogens (tertiary/aromatic N) is 5. The average molecular weight is 398 g/mol. The summed E-state index contributed by atoms with van der Waals surface area (Å²) in [4.78, 5) is 45.1. The molecule has 1 aromatic rings. The average Bonchev–Trinajstić information content (AvgIpc) is 3.27. The summed E-state index contributed by atoms with van der Waals surface area (Å²) < 4.78 is 1.85. The van der Waals surface area contributed by atoms with Crippen LogP contribution in [-0.2, 0) is 16.0 Å². The summed E-state index contributed by atoms with van der Waals surface area (Å²) in [5, 5.41) is 9.06. The molecule has 3 aliphatic heterocycles. The lowest BCUT2D eigenvalue weighted by Gasteiger charge is -2.32. The Morgan fingerprint density at radius 3 is 2.66 bits per heavy atom. The number of imide groups is 1. The second-order valence-electron chi connectivity index (χ2n) is 7.45. The molecule has 0 spiro atoms. The number of guanidine groups is 1. The van der Waals surface area contributed by atoms with E-state index in [2.05, 4.69) is 36.2 Å². The number of carbonyl (C=O) groups excluding carboxylic acids is 2. The van der Waals surface area contributed by atoms with Gasteiger partial charge in [0.25, 0.3) is 5.91 Å². The van der Waals surface area contributed by atoms with Gasteiger partial charge in [-0.15, -0.1) is 0 Å². The predicted molar refractivity (Wildman–Crippen MR) is 106 cm³/mol. The molecule has 29 heavy (non-hydrogen) atoms. The van der Waals surface area contributed by atoms with Gasteiger partial charge < -0.3 is 5.11 Å². The molecule has 0 aromatic heterocycles. The van der Waals surface area contributed by atoms with E-state index in [-0.39, 0.29) is 0 Å². The van der Waals surface area contributed by atoms with Crippen molar-refractivity contribution >= 4 is 35.4 Å². The number of anilines is 1. The fourth-order valence-electron chi connectivity index (χ4n) is 4.01. The number of aliphatic imine (C=N–C) groups is 1. The third kappa shape index (κ3) is 3.16. The number of carboxylic acid groups (broad SMARTS) is 1. The van der Waals surface area contributed by atoms with Gasteiger partial charge in [0, 0.05) is 7.05 Å². The van der Waals surface area contributed by atoms with Crippen molar-refractivity contribution in [3.8, 4) is 0 Å². The van der Waals surface area contributed by atoms with Gasteiger partial charge in [0.05, 0.1) is 6.54 Å². The van der Waals surface area contributed by atoms with Crippen LogP contribution in [0.2, 0.25) is 0 Å². The molecule has 3 amide bonds.